The molecule has 0 aliphatic heterocycles. The van der Waals surface area contributed by atoms with Gasteiger partial charge in [0, 0.05) is 31.5 Å². The van der Waals surface area contributed by atoms with Gasteiger partial charge in [-0.05, 0) is 45.0 Å². The molecule has 1 atom stereocenters. The van der Waals surface area contributed by atoms with Crippen LogP contribution >= 0.6 is 0 Å². The maximum absolute atomic E-state index is 11.8. The van der Waals surface area contributed by atoms with Gasteiger partial charge in [0.25, 0.3) is 0 Å². The Bertz CT molecular complexity index is 385. The average molecular weight is 249 g/mol. The fourth-order valence-electron chi connectivity index (χ4n) is 1.58. The molecule has 0 aliphatic rings. The summed E-state index contributed by atoms with van der Waals surface area (Å²) < 4.78 is 0. The molecule has 0 spiro atoms. The zero-order chi connectivity index (χ0) is 13.7. The third-order valence-corrected chi connectivity index (χ3v) is 2.59. The number of amides is 1. The minimum absolute atomic E-state index is 0.0155. The summed E-state index contributed by atoms with van der Waals surface area (Å²) in [5.41, 5.74) is 2.09. The van der Waals surface area contributed by atoms with Crippen molar-refractivity contribution in [1.29, 1.82) is 0 Å². The molecule has 1 rings (SSSR count). The van der Waals surface area contributed by atoms with E-state index in [1.165, 1.54) is 0 Å². The number of anilines is 2. The number of rotatable bonds is 5. The predicted molar refractivity (Wildman–Crippen MR) is 77.1 cm³/mol. The van der Waals surface area contributed by atoms with Gasteiger partial charge in [-0.3, -0.25) is 4.79 Å². The van der Waals surface area contributed by atoms with Gasteiger partial charge in [-0.25, -0.2) is 0 Å². The van der Waals surface area contributed by atoms with Gasteiger partial charge in [0.2, 0.25) is 5.91 Å². The summed E-state index contributed by atoms with van der Waals surface area (Å²) in [6.45, 7) is 5.77. The molecule has 0 fully saturated rings. The lowest BCUT2D eigenvalue weighted by atomic mass is 10.2. The van der Waals surface area contributed by atoms with E-state index in [1.54, 1.807) is 0 Å². The SMILES string of the molecule is CC(C)NC(=O)C(C)Nc1ccc(N(C)C)cc1. The molecule has 0 saturated carbocycles. The summed E-state index contributed by atoms with van der Waals surface area (Å²) in [4.78, 5) is 13.8. The van der Waals surface area contributed by atoms with Crippen molar-refractivity contribution in [2.75, 3.05) is 24.3 Å². The fraction of sp³-hybridized carbons (Fsp3) is 0.500. The maximum Gasteiger partial charge on any atom is 0.242 e. The molecule has 0 bridgehead atoms. The van der Waals surface area contributed by atoms with Crippen molar-refractivity contribution in [2.24, 2.45) is 0 Å². The highest BCUT2D eigenvalue weighted by atomic mass is 16.2. The molecule has 1 aromatic rings. The van der Waals surface area contributed by atoms with Crippen LogP contribution in [0.15, 0.2) is 24.3 Å². The molecule has 1 amide bonds. The van der Waals surface area contributed by atoms with E-state index in [-0.39, 0.29) is 18.0 Å². The van der Waals surface area contributed by atoms with Gasteiger partial charge >= 0.3 is 0 Å². The van der Waals surface area contributed by atoms with Crippen molar-refractivity contribution in [1.82, 2.24) is 5.32 Å². The molecular weight excluding hydrogens is 226 g/mol. The van der Waals surface area contributed by atoms with Crippen molar-refractivity contribution in [3.63, 3.8) is 0 Å². The molecule has 100 valence electrons. The topological polar surface area (TPSA) is 44.4 Å². The first kappa shape index (κ1) is 14.4. The predicted octanol–water partition coefficient (Wildman–Crippen LogP) is 2.08. The highest BCUT2D eigenvalue weighted by molar-refractivity contribution is 5.84. The summed E-state index contributed by atoms with van der Waals surface area (Å²) in [7, 11) is 4.00. The zero-order valence-electron chi connectivity index (χ0n) is 11.8. The minimum atomic E-state index is -0.238. The molecular formula is C14H23N3O. The Kier molecular flexibility index (Phi) is 5.01. The van der Waals surface area contributed by atoms with Crippen molar-refractivity contribution in [2.45, 2.75) is 32.9 Å². The number of carbonyl (C=O) groups excluding carboxylic acids is 1. The number of nitrogens with zero attached hydrogens (tertiary/aromatic N) is 1. The summed E-state index contributed by atoms with van der Waals surface area (Å²) in [5, 5.41) is 6.07. The van der Waals surface area contributed by atoms with E-state index in [9.17, 15) is 4.79 Å². The zero-order valence-corrected chi connectivity index (χ0v) is 11.8. The molecule has 2 N–H and O–H groups in total. The van der Waals surface area contributed by atoms with Crippen molar-refractivity contribution < 1.29 is 4.79 Å². The van der Waals surface area contributed by atoms with Crippen LogP contribution in [0.3, 0.4) is 0 Å². The number of carbonyl (C=O) groups is 1. The van der Waals surface area contributed by atoms with E-state index >= 15 is 0 Å². The molecule has 0 radical (unpaired) electrons. The third kappa shape index (κ3) is 4.28. The van der Waals surface area contributed by atoms with Gasteiger partial charge in [0.15, 0.2) is 0 Å². The van der Waals surface area contributed by atoms with E-state index in [0.29, 0.717) is 0 Å². The first-order valence-corrected chi connectivity index (χ1v) is 6.24. The monoisotopic (exact) mass is 249 g/mol. The Balaban J connectivity index is 2.59. The van der Waals surface area contributed by atoms with Crippen LogP contribution in [-0.2, 0) is 4.79 Å². The number of benzene rings is 1. The number of hydrogen-bond acceptors (Lipinski definition) is 3. The second-order valence-corrected chi connectivity index (χ2v) is 4.97. The summed E-state index contributed by atoms with van der Waals surface area (Å²) in [6, 6.07) is 7.93. The highest BCUT2D eigenvalue weighted by Crippen LogP contribution is 2.16. The van der Waals surface area contributed by atoms with Gasteiger partial charge in [-0.15, -0.1) is 0 Å². The van der Waals surface area contributed by atoms with E-state index in [4.69, 9.17) is 0 Å². The quantitative estimate of drug-likeness (QED) is 0.839. The smallest absolute Gasteiger partial charge is 0.242 e. The van der Waals surface area contributed by atoms with Crippen LogP contribution in [0.2, 0.25) is 0 Å². The van der Waals surface area contributed by atoms with E-state index in [1.807, 2.05) is 64.0 Å². The van der Waals surface area contributed by atoms with Crippen LogP contribution < -0.4 is 15.5 Å². The van der Waals surface area contributed by atoms with Gasteiger partial charge in [-0.2, -0.15) is 0 Å². The van der Waals surface area contributed by atoms with Crippen LogP contribution in [0.1, 0.15) is 20.8 Å². The lowest BCUT2D eigenvalue weighted by Gasteiger charge is -2.18. The van der Waals surface area contributed by atoms with Crippen molar-refractivity contribution in [3.05, 3.63) is 24.3 Å². The highest BCUT2D eigenvalue weighted by Gasteiger charge is 2.12. The van der Waals surface area contributed by atoms with Gasteiger partial charge in [-0.1, -0.05) is 0 Å². The number of hydrogen-bond donors (Lipinski definition) is 2. The molecule has 1 unspecified atom stereocenters. The van der Waals surface area contributed by atoms with Crippen LogP contribution in [0.4, 0.5) is 11.4 Å². The molecule has 18 heavy (non-hydrogen) atoms. The van der Waals surface area contributed by atoms with Gasteiger partial charge in [0.05, 0.1) is 0 Å². The number of nitrogens with one attached hydrogen (secondary N) is 2. The largest absolute Gasteiger partial charge is 0.378 e. The van der Waals surface area contributed by atoms with E-state index < -0.39 is 0 Å². The Morgan fingerprint density at radius 1 is 1.11 bits per heavy atom. The molecule has 0 saturated heterocycles. The Labute approximate surface area is 109 Å². The Morgan fingerprint density at radius 2 is 1.67 bits per heavy atom. The first-order valence-electron chi connectivity index (χ1n) is 6.24. The van der Waals surface area contributed by atoms with Crippen molar-refractivity contribution >= 4 is 17.3 Å². The Morgan fingerprint density at radius 3 is 2.11 bits per heavy atom. The molecule has 4 nitrogen and oxygen atoms in total. The van der Waals surface area contributed by atoms with Crippen LogP contribution in [0, 0.1) is 0 Å². The minimum Gasteiger partial charge on any atom is -0.378 e. The van der Waals surface area contributed by atoms with Gasteiger partial charge < -0.3 is 15.5 Å². The summed E-state index contributed by atoms with van der Waals surface area (Å²) >= 11 is 0. The Hall–Kier alpha value is -1.71. The average Bonchev–Trinajstić information content (AvgIpc) is 2.28. The molecule has 0 heterocycles. The van der Waals surface area contributed by atoms with Crippen molar-refractivity contribution in [3.8, 4) is 0 Å². The van der Waals surface area contributed by atoms with Gasteiger partial charge in [0.1, 0.15) is 6.04 Å². The van der Waals surface area contributed by atoms with Crippen LogP contribution in [-0.4, -0.2) is 32.1 Å². The van der Waals surface area contributed by atoms with E-state index in [0.717, 1.165) is 11.4 Å². The second kappa shape index (κ2) is 6.28. The maximum atomic E-state index is 11.8. The van der Waals surface area contributed by atoms with Crippen LogP contribution in [0.5, 0.6) is 0 Å². The lowest BCUT2D eigenvalue weighted by Crippen LogP contribution is -2.40. The normalized spacial score (nSPS) is 12.1. The molecule has 0 aliphatic carbocycles. The lowest BCUT2D eigenvalue weighted by molar-refractivity contribution is -0.122. The first-order chi connectivity index (χ1) is 8.40. The van der Waals surface area contributed by atoms with E-state index in [2.05, 4.69) is 10.6 Å². The second-order valence-electron chi connectivity index (χ2n) is 4.97. The molecule has 0 aromatic heterocycles. The summed E-state index contributed by atoms with van der Waals surface area (Å²) in [5.74, 6) is 0.0155. The third-order valence-electron chi connectivity index (χ3n) is 2.59. The molecule has 1 aromatic carbocycles. The summed E-state index contributed by atoms with van der Waals surface area (Å²) in [6.07, 6.45) is 0. The molecule has 4 heteroatoms. The standard InChI is InChI=1S/C14H23N3O/c1-10(2)15-14(18)11(3)16-12-6-8-13(9-7-12)17(4)5/h6-11,16H,1-5H3,(H,15,18). The van der Waals surface area contributed by atoms with Crippen LogP contribution in [0.25, 0.3) is 0 Å². The fourth-order valence-corrected chi connectivity index (χ4v) is 1.58.